The summed E-state index contributed by atoms with van der Waals surface area (Å²) in [6.07, 6.45) is 1.35. The molecule has 0 bridgehead atoms. The lowest BCUT2D eigenvalue weighted by Gasteiger charge is -2.09. The van der Waals surface area contributed by atoms with Crippen LogP contribution in [0.3, 0.4) is 0 Å². The molecule has 6 heteroatoms. The van der Waals surface area contributed by atoms with Crippen LogP contribution >= 0.6 is 0 Å². The third-order valence-electron chi connectivity index (χ3n) is 3.25. The summed E-state index contributed by atoms with van der Waals surface area (Å²) in [4.78, 5) is 21.9. The molecule has 0 radical (unpaired) electrons. The maximum absolute atomic E-state index is 11.6. The minimum Gasteiger partial charge on any atom is -0.497 e. The van der Waals surface area contributed by atoms with Gasteiger partial charge in [-0.1, -0.05) is 12.1 Å². The van der Waals surface area contributed by atoms with Gasteiger partial charge in [0.25, 0.3) is 5.69 Å². The second kappa shape index (κ2) is 7.22. The van der Waals surface area contributed by atoms with Crippen LogP contribution in [0.1, 0.15) is 11.1 Å². The summed E-state index contributed by atoms with van der Waals surface area (Å²) in [5.41, 5.74) is 2.03. The number of hydrogen-bond acceptors (Lipinski definition) is 5. The Labute approximate surface area is 133 Å². The third kappa shape index (κ3) is 3.94. The first kappa shape index (κ1) is 16.2. The minimum absolute atomic E-state index is 0.0131. The first-order chi connectivity index (χ1) is 11.0. The molecule has 2 aromatic rings. The van der Waals surface area contributed by atoms with Crippen LogP contribution in [0, 0.1) is 10.1 Å². The predicted molar refractivity (Wildman–Crippen MR) is 85.2 cm³/mol. The van der Waals surface area contributed by atoms with E-state index in [0.717, 1.165) is 5.56 Å². The van der Waals surface area contributed by atoms with Crippen molar-refractivity contribution in [3.05, 3.63) is 75.8 Å². The van der Waals surface area contributed by atoms with Crippen LogP contribution in [0.2, 0.25) is 0 Å². The van der Waals surface area contributed by atoms with E-state index in [1.165, 1.54) is 25.3 Å². The van der Waals surface area contributed by atoms with Crippen molar-refractivity contribution in [2.45, 2.75) is 0 Å². The highest BCUT2D eigenvalue weighted by atomic mass is 16.6. The monoisotopic (exact) mass is 313 g/mol. The molecule has 0 N–H and O–H groups in total. The number of nitrogens with zero attached hydrogens (tertiary/aromatic N) is 1. The number of carbonyl (C=O) groups is 1. The molecular formula is C17H15NO5. The molecule has 2 rings (SSSR count). The Bertz CT molecular complexity index is 733. The molecule has 118 valence electrons. The number of rotatable bonds is 5. The number of carbonyl (C=O) groups excluding carboxylic acids is 1. The summed E-state index contributed by atoms with van der Waals surface area (Å²) < 4.78 is 9.80. The van der Waals surface area contributed by atoms with E-state index in [1.807, 2.05) is 0 Å². The second-order valence-electron chi connectivity index (χ2n) is 4.61. The molecular weight excluding hydrogens is 298 g/mol. The Morgan fingerprint density at radius 3 is 1.96 bits per heavy atom. The first-order valence-electron chi connectivity index (χ1n) is 6.74. The Morgan fingerprint density at radius 1 is 1.00 bits per heavy atom. The third-order valence-corrected chi connectivity index (χ3v) is 3.25. The van der Waals surface area contributed by atoms with Crippen LogP contribution in [0.5, 0.6) is 5.75 Å². The van der Waals surface area contributed by atoms with Gasteiger partial charge >= 0.3 is 5.97 Å². The quantitative estimate of drug-likeness (QED) is 0.366. The molecule has 0 fully saturated rings. The van der Waals surface area contributed by atoms with Crippen LogP contribution in [-0.2, 0) is 9.53 Å². The fourth-order valence-electron chi connectivity index (χ4n) is 2.04. The SMILES string of the molecule is COC(=O)/C=C(\c1ccc(OC)cc1)c1ccc([N+](=O)[O-])cc1. The molecule has 0 aliphatic carbocycles. The number of methoxy groups -OCH3 is 2. The van der Waals surface area contributed by atoms with Gasteiger partial charge in [-0.15, -0.1) is 0 Å². The average molecular weight is 313 g/mol. The molecule has 0 saturated heterocycles. The van der Waals surface area contributed by atoms with Crippen molar-refractivity contribution in [1.29, 1.82) is 0 Å². The van der Waals surface area contributed by atoms with Crippen molar-refractivity contribution in [3.8, 4) is 5.75 Å². The van der Waals surface area contributed by atoms with Crippen molar-refractivity contribution in [2.75, 3.05) is 14.2 Å². The largest absolute Gasteiger partial charge is 0.497 e. The maximum Gasteiger partial charge on any atom is 0.331 e. The van der Waals surface area contributed by atoms with Gasteiger partial charge in [0, 0.05) is 18.2 Å². The van der Waals surface area contributed by atoms with Gasteiger partial charge in [-0.25, -0.2) is 4.79 Å². The number of ether oxygens (including phenoxy) is 2. The van der Waals surface area contributed by atoms with Crippen LogP contribution in [0.25, 0.3) is 5.57 Å². The van der Waals surface area contributed by atoms with E-state index in [-0.39, 0.29) is 5.69 Å². The van der Waals surface area contributed by atoms with Crippen molar-refractivity contribution in [1.82, 2.24) is 0 Å². The molecule has 23 heavy (non-hydrogen) atoms. The Hall–Kier alpha value is -3.15. The van der Waals surface area contributed by atoms with E-state index in [9.17, 15) is 14.9 Å². The number of nitro benzene ring substituents is 1. The van der Waals surface area contributed by atoms with Crippen molar-refractivity contribution >= 4 is 17.2 Å². The zero-order valence-corrected chi connectivity index (χ0v) is 12.7. The smallest absolute Gasteiger partial charge is 0.331 e. The number of non-ortho nitro benzene ring substituents is 1. The molecule has 0 aliphatic heterocycles. The van der Waals surface area contributed by atoms with Crippen molar-refractivity contribution in [3.63, 3.8) is 0 Å². The summed E-state index contributed by atoms with van der Waals surface area (Å²) in [6, 6.07) is 13.1. The molecule has 6 nitrogen and oxygen atoms in total. The molecule has 0 heterocycles. The van der Waals surface area contributed by atoms with E-state index in [0.29, 0.717) is 16.9 Å². The summed E-state index contributed by atoms with van der Waals surface area (Å²) in [5, 5.41) is 10.7. The molecule has 0 unspecified atom stereocenters. The number of benzene rings is 2. The average Bonchev–Trinajstić information content (AvgIpc) is 2.59. The Morgan fingerprint density at radius 2 is 1.52 bits per heavy atom. The van der Waals surface area contributed by atoms with Gasteiger partial charge in [0.2, 0.25) is 0 Å². The molecule has 2 aromatic carbocycles. The van der Waals surface area contributed by atoms with Crippen LogP contribution in [0.4, 0.5) is 5.69 Å². The predicted octanol–water partition coefficient (Wildman–Crippen LogP) is 3.21. The van der Waals surface area contributed by atoms with E-state index in [4.69, 9.17) is 4.74 Å². The summed E-state index contributed by atoms with van der Waals surface area (Å²) in [5.74, 6) is 0.184. The highest BCUT2D eigenvalue weighted by molar-refractivity contribution is 5.96. The minimum atomic E-state index is -0.505. The topological polar surface area (TPSA) is 78.7 Å². The van der Waals surface area contributed by atoms with Crippen LogP contribution in [0.15, 0.2) is 54.6 Å². The lowest BCUT2D eigenvalue weighted by atomic mass is 9.97. The Balaban J connectivity index is 2.47. The molecule has 0 atom stereocenters. The number of esters is 1. The fourth-order valence-corrected chi connectivity index (χ4v) is 2.04. The normalized spacial score (nSPS) is 11.0. The van der Waals surface area contributed by atoms with E-state index < -0.39 is 10.9 Å². The lowest BCUT2D eigenvalue weighted by molar-refractivity contribution is -0.384. The summed E-state index contributed by atoms with van der Waals surface area (Å²) in [6.45, 7) is 0. The first-order valence-corrected chi connectivity index (χ1v) is 6.74. The van der Waals surface area contributed by atoms with E-state index in [2.05, 4.69) is 4.74 Å². The van der Waals surface area contributed by atoms with Gasteiger partial charge in [-0.2, -0.15) is 0 Å². The van der Waals surface area contributed by atoms with Gasteiger partial charge in [0.05, 0.1) is 19.1 Å². The van der Waals surface area contributed by atoms with Crippen LogP contribution in [-0.4, -0.2) is 25.1 Å². The molecule has 0 aliphatic rings. The van der Waals surface area contributed by atoms with Gasteiger partial charge in [0.1, 0.15) is 5.75 Å². The highest BCUT2D eigenvalue weighted by Gasteiger charge is 2.11. The maximum atomic E-state index is 11.6. The van der Waals surface area contributed by atoms with Crippen molar-refractivity contribution < 1.29 is 19.2 Å². The second-order valence-corrected chi connectivity index (χ2v) is 4.61. The fraction of sp³-hybridized carbons (Fsp3) is 0.118. The lowest BCUT2D eigenvalue weighted by Crippen LogP contribution is -1.99. The van der Waals surface area contributed by atoms with Crippen molar-refractivity contribution in [2.24, 2.45) is 0 Å². The molecule has 0 amide bonds. The zero-order chi connectivity index (χ0) is 16.8. The molecule has 0 spiro atoms. The van der Waals surface area contributed by atoms with Gasteiger partial charge in [-0.05, 0) is 41.0 Å². The van der Waals surface area contributed by atoms with Gasteiger partial charge in [0.15, 0.2) is 0 Å². The summed E-state index contributed by atoms with van der Waals surface area (Å²) in [7, 11) is 2.86. The molecule has 0 saturated carbocycles. The van der Waals surface area contributed by atoms with Gasteiger partial charge in [-0.3, -0.25) is 10.1 Å². The van der Waals surface area contributed by atoms with E-state index in [1.54, 1.807) is 43.5 Å². The summed E-state index contributed by atoms with van der Waals surface area (Å²) >= 11 is 0. The molecule has 0 aromatic heterocycles. The standard InChI is InChI=1S/C17H15NO5/c1-22-15-9-5-13(6-10-15)16(11-17(19)23-2)12-3-7-14(8-4-12)18(20)21/h3-11H,1-2H3/b16-11-. The van der Waals surface area contributed by atoms with Gasteiger partial charge < -0.3 is 9.47 Å². The highest BCUT2D eigenvalue weighted by Crippen LogP contribution is 2.27. The number of hydrogen-bond donors (Lipinski definition) is 0. The number of nitro groups is 1. The van der Waals surface area contributed by atoms with Crippen LogP contribution < -0.4 is 4.74 Å². The van der Waals surface area contributed by atoms with E-state index >= 15 is 0 Å². The zero-order valence-electron chi connectivity index (χ0n) is 12.7. The Kier molecular flexibility index (Phi) is 5.09.